The van der Waals surface area contributed by atoms with E-state index in [4.69, 9.17) is 0 Å². The Balaban J connectivity index is 1.75. The first-order chi connectivity index (χ1) is 9.74. The summed E-state index contributed by atoms with van der Waals surface area (Å²) < 4.78 is 1.35. The van der Waals surface area contributed by atoms with Gasteiger partial charge in [-0.05, 0) is 69.5 Å². The lowest BCUT2D eigenvalue weighted by molar-refractivity contribution is 0.443. The zero-order valence-electron chi connectivity index (χ0n) is 11.3. The highest BCUT2D eigenvalue weighted by Crippen LogP contribution is 2.36. The van der Waals surface area contributed by atoms with Crippen LogP contribution in [-0.4, -0.2) is 0 Å². The van der Waals surface area contributed by atoms with Gasteiger partial charge in [0.15, 0.2) is 0 Å². The van der Waals surface area contributed by atoms with E-state index in [0.717, 1.165) is 5.92 Å². The molecule has 1 fully saturated rings. The molecule has 106 valence electrons. The summed E-state index contributed by atoms with van der Waals surface area (Å²) in [5, 5.41) is 2.25. The molecule has 0 nitrogen and oxygen atoms in total. The Morgan fingerprint density at radius 1 is 1.05 bits per heavy atom. The van der Waals surface area contributed by atoms with Crippen LogP contribution < -0.4 is 0 Å². The van der Waals surface area contributed by atoms with Gasteiger partial charge in [0.2, 0.25) is 0 Å². The molecule has 3 heteroatoms. The second-order valence-corrected chi connectivity index (χ2v) is 9.27. The summed E-state index contributed by atoms with van der Waals surface area (Å²) in [5.41, 5.74) is 4.26. The van der Waals surface area contributed by atoms with Crippen LogP contribution in [0.1, 0.15) is 59.5 Å². The van der Waals surface area contributed by atoms with Gasteiger partial charge in [0.05, 0.1) is 7.71 Å². The predicted molar refractivity (Wildman–Crippen MR) is 100 cm³/mol. The topological polar surface area (TPSA) is 0 Å². The van der Waals surface area contributed by atoms with Crippen LogP contribution in [-0.2, 0) is 0 Å². The molecule has 0 bridgehead atoms. The molecule has 1 aliphatic carbocycles. The fourth-order valence-corrected chi connectivity index (χ4v) is 5.16. The Labute approximate surface area is 147 Å². The fraction of sp³-hybridized carbons (Fsp3) is 0.412. The average molecular weight is 461 g/mol. The van der Waals surface area contributed by atoms with Crippen LogP contribution in [0.3, 0.4) is 0 Å². The van der Waals surface area contributed by atoms with Crippen molar-refractivity contribution in [1.82, 2.24) is 0 Å². The Bertz CT molecular complexity index is 555. The highest BCUT2D eigenvalue weighted by molar-refractivity contribution is 14.1. The first-order valence-electron chi connectivity index (χ1n) is 7.22. The summed E-state index contributed by atoms with van der Waals surface area (Å²) in [6, 6.07) is 11.6. The van der Waals surface area contributed by atoms with Crippen molar-refractivity contribution in [3.05, 3.63) is 55.3 Å². The number of thiophene rings is 1. The third-order valence-corrected chi connectivity index (χ3v) is 7.05. The number of benzene rings is 1. The van der Waals surface area contributed by atoms with Gasteiger partial charge in [0, 0.05) is 0 Å². The molecule has 1 aromatic carbocycles. The van der Waals surface area contributed by atoms with Crippen molar-refractivity contribution in [2.75, 3.05) is 0 Å². The first kappa shape index (κ1) is 15.0. The molecule has 0 radical (unpaired) electrons. The van der Waals surface area contributed by atoms with Crippen molar-refractivity contribution in [1.29, 1.82) is 0 Å². The Morgan fingerprint density at radius 2 is 1.75 bits per heavy atom. The van der Waals surface area contributed by atoms with Crippen molar-refractivity contribution in [3.63, 3.8) is 0 Å². The molecule has 0 aliphatic heterocycles. The Hall–Kier alpha value is 0.130. The lowest BCUT2D eigenvalue weighted by atomic mass is 9.84. The fourth-order valence-electron chi connectivity index (χ4n) is 3.02. The van der Waals surface area contributed by atoms with Gasteiger partial charge in [-0.1, -0.05) is 59.5 Å². The SMILES string of the molecule is BrC(c1ccc(C2CCCCC2)cc1)c1csc(I)c1. The molecule has 0 saturated heterocycles. The smallest absolute Gasteiger partial charge is 0.0656 e. The normalized spacial score (nSPS) is 18.1. The van der Waals surface area contributed by atoms with E-state index >= 15 is 0 Å². The number of alkyl halides is 1. The third-order valence-electron chi connectivity index (χ3n) is 4.19. The molecule has 0 N–H and O–H groups in total. The molecule has 20 heavy (non-hydrogen) atoms. The second kappa shape index (κ2) is 6.93. The predicted octanol–water partition coefficient (Wildman–Crippen LogP) is 6.88. The molecule has 1 atom stereocenters. The van der Waals surface area contributed by atoms with Crippen LogP contribution in [0.5, 0.6) is 0 Å². The van der Waals surface area contributed by atoms with Gasteiger partial charge in [0.25, 0.3) is 0 Å². The Kier molecular flexibility index (Phi) is 5.21. The van der Waals surface area contributed by atoms with Crippen molar-refractivity contribution >= 4 is 49.9 Å². The minimum absolute atomic E-state index is 0.322. The second-order valence-electron chi connectivity index (χ2n) is 5.55. The number of halogens is 2. The van der Waals surface area contributed by atoms with E-state index in [1.165, 1.54) is 51.7 Å². The highest BCUT2D eigenvalue weighted by Gasteiger charge is 2.16. The molecular formula is C17H18BrIS. The maximum absolute atomic E-state index is 3.83. The van der Waals surface area contributed by atoms with Crippen molar-refractivity contribution in [2.24, 2.45) is 0 Å². The van der Waals surface area contributed by atoms with E-state index in [1.807, 2.05) is 11.3 Å². The van der Waals surface area contributed by atoms with Crippen LogP contribution in [0.4, 0.5) is 0 Å². The van der Waals surface area contributed by atoms with Crippen molar-refractivity contribution in [3.8, 4) is 0 Å². The molecule has 1 aromatic heterocycles. The van der Waals surface area contributed by atoms with Gasteiger partial charge in [-0.3, -0.25) is 0 Å². The largest absolute Gasteiger partial charge is 0.137 e. The molecule has 1 aliphatic rings. The molecule has 1 heterocycles. The summed E-state index contributed by atoms with van der Waals surface area (Å²) in [7, 11) is 0. The molecule has 0 spiro atoms. The summed E-state index contributed by atoms with van der Waals surface area (Å²) >= 11 is 8.03. The van der Waals surface area contributed by atoms with Gasteiger partial charge < -0.3 is 0 Å². The van der Waals surface area contributed by atoms with E-state index in [-0.39, 0.29) is 0 Å². The quantitative estimate of drug-likeness (QED) is 0.345. The van der Waals surface area contributed by atoms with Crippen LogP contribution in [0, 0.1) is 2.88 Å². The first-order valence-corrected chi connectivity index (χ1v) is 10.1. The zero-order valence-corrected chi connectivity index (χ0v) is 15.9. The average Bonchev–Trinajstić information content (AvgIpc) is 2.94. The number of rotatable bonds is 3. The Morgan fingerprint density at radius 3 is 2.35 bits per heavy atom. The van der Waals surface area contributed by atoms with E-state index in [2.05, 4.69) is 74.2 Å². The van der Waals surface area contributed by atoms with Crippen LogP contribution in [0.15, 0.2) is 35.7 Å². The van der Waals surface area contributed by atoms with Gasteiger partial charge in [0.1, 0.15) is 0 Å². The molecular weight excluding hydrogens is 443 g/mol. The van der Waals surface area contributed by atoms with E-state index in [1.54, 1.807) is 0 Å². The lowest BCUT2D eigenvalue weighted by Crippen LogP contribution is -2.04. The van der Waals surface area contributed by atoms with Crippen LogP contribution >= 0.6 is 49.9 Å². The van der Waals surface area contributed by atoms with Gasteiger partial charge >= 0.3 is 0 Å². The molecule has 1 saturated carbocycles. The standard InChI is InChI=1S/C17H18BrIS/c18-17(15-10-16(19)20-11-15)14-8-6-13(7-9-14)12-4-2-1-3-5-12/h6-12,17H,1-5H2. The molecule has 2 aromatic rings. The zero-order chi connectivity index (χ0) is 13.9. The van der Waals surface area contributed by atoms with Crippen LogP contribution in [0.2, 0.25) is 0 Å². The summed E-state index contributed by atoms with van der Waals surface area (Å²) in [4.78, 5) is 0.322. The lowest BCUT2D eigenvalue weighted by Gasteiger charge is -2.22. The molecule has 3 rings (SSSR count). The van der Waals surface area contributed by atoms with E-state index in [9.17, 15) is 0 Å². The minimum atomic E-state index is 0.322. The monoisotopic (exact) mass is 460 g/mol. The number of hydrogen-bond donors (Lipinski definition) is 0. The van der Waals surface area contributed by atoms with E-state index < -0.39 is 0 Å². The van der Waals surface area contributed by atoms with E-state index in [0.29, 0.717) is 4.83 Å². The van der Waals surface area contributed by atoms with Crippen LogP contribution in [0.25, 0.3) is 0 Å². The molecule has 1 unspecified atom stereocenters. The van der Waals surface area contributed by atoms with Crippen molar-refractivity contribution in [2.45, 2.75) is 42.8 Å². The highest BCUT2D eigenvalue weighted by atomic mass is 127. The summed E-state index contributed by atoms with van der Waals surface area (Å²) in [6.07, 6.45) is 6.98. The molecule has 0 amide bonds. The van der Waals surface area contributed by atoms with Gasteiger partial charge in [-0.25, -0.2) is 0 Å². The number of hydrogen-bond acceptors (Lipinski definition) is 1. The van der Waals surface area contributed by atoms with Gasteiger partial charge in [-0.2, -0.15) is 0 Å². The maximum atomic E-state index is 3.83. The third kappa shape index (κ3) is 3.47. The van der Waals surface area contributed by atoms with Crippen molar-refractivity contribution < 1.29 is 0 Å². The maximum Gasteiger partial charge on any atom is 0.0656 e. The summed E-state index contributed by atoms with van der Waals surface area (Å²) in [5.74, 6) is 0.800. The summed E-state index contributed by atoms with van der Waals surface area (Å²) in [6.45, 7) is 0. The van der Waals surface area contributed by atoms with Gasteiger partial charge in [-0.15, -0.1) is 11.3 Å². The minimum Gasteiger partial charge on any atom is -0.137 e.